The van der Waals surface area contributed by atoms with Crippen LogP contribution in [0.1, 0.15) is 24.3 Å². The first-order chi connectivity index (χ1) is 11.4. The Morgan fingerprint density at radius 1 is 1.17 bits per heavy atom. The second-order valence-corrected chi connectivity index (χ2v) is 5.68. The largest absolute Gasteiger partial charge is 0.493 e. The highest BCUT2D eigenvalue weighted by molar-refractivity contribution is 5.81. The van der Waals surface area contributed by atoms with E-state index in [4.69, 9.17) is 0 Å². The Morgan fingerprint density at radius 2 is 1.83 bits per heavy atom. The van der Waals surface area contributed by atoms with E-state index in [1.165, 1.54) is 6.07 Å². The van der Waals surface area contributed by atoms with Gasteiger partial charge in [-0.25, -0.2) is 4.79 Å². The van der Waals surface area contributed by atoms with Crippen molar-refractivity contribution in [3.8, 4) is 0 Å². The first-order valence-corrected chi connectivity index (χ1v) is 7.52. The van der Waals surface area contributed by atoms with Gasteiger partial charge >= 0.3 is 12.1 Å². The summed E-state index contributed by atoms with van der Waals surface area (Å²) in [6.45, 7) is 1.71. The van der Waals surface area contributed by atoms with Gasteiger partial charge in [0.15, 0.2) is 0 Å². The van der Waals surface area contributed by atoms with Gasteiger partial charge in [-0.3, -0.25) is 4.79 Å². The summed E-state index contributed by atoms with van der Waals surface area (Å²) in [6.07, 6.45) is -3.38. The van der Waals surface area contributed by atoms with Crippen molar-refractivity contribution in [2.45, 2.75) is 24.9 Å². The average molecular weight is 340 g/mol. The molecule has 3 rings (SSSR count). The molecule has 1 N–H and O–H groups in total. The van der Waals surface area contributed by atoms with Crippen molar-refractivity contribution in [3.05, 3.63) is 46.2 Å². The number of hydrogen-bond acceptors (Lipinski definition) is 4. The van der Waals surface area contributed by atoms with Gasteiger partial charge in [-0.2, -0.15) is 13.2 Å². The number of carbonyl (C=O) groups excluding carboxylic acids is 1. The summed E-state index contributed by atoms with van der Waals surface area (Å²) >= 11 is 0. The highest BCUT2D eigenvalue weighted by Gasteiger charge is 2.42. The highest BCUT2D eigenvalue weighted by atomic mass is 19.4. The summed E-state index contributed by atoms with van der Waals surface area (Å²) in [5.41, 5.74) is 0.227. The second-order valence-electron chi connectivity index (χ2n) is 5.68. The van der Waals surface area contributed by atoms with Crippen LogP contribution in [0.5, 0.6) is 0 Å². The second kappa shape index (κ2) is 6.27. The summed E-state index contributed by atoms with van der Waals surface area (Å²) < 4.78 is 37.7. The molecule has 1 aliphatic rings. The quantitative estimate of drug-likeness (QED) is 0.908. The van der Waals surface area contributed by atoms with Crippen molar-refractivity contribution >= 4 is 16.9 Å². The maximum absolute atomic E-state index is 12.4. The highest BCUT2D eigenvalue weighted by Crippen LogP contribution is 2.27. The van der Waals surface area contributed by atoms with Crippen molar-refractivity contribution in [2.24, 2.45) is 0 Å². The SMILES string of the molecule is O=C(On1c(=O)ccc2ccc(C3CCNCC3)cc21)C(F)(F)F. The summed E-state index contributed by atoms with van der Waals surface area (Å²) in [4.78, 5) is 27.3. The molecular weight excluding hydrogens is 325 g/mol. The molecule has 2 aromatic rings. The monoisotopic (exact) mass is 340 g/mol. The van der Waals surface area contributed by atoms with Crippen molar-refractivity contribution < 1.29 is 22.8 Å². The first-order valence-electron chi connectivity index (χ1n) is 7.52. The molecule has 1 saturated heterocycles. The molecule has 0 spiro atoms. The lowest BCUT2D eigenvalue weighted by Crippen LogP contribution is -2.38. The Hall–Kier alpha value is -2.35. The van der Waals surface area contributed by atoms with Crippen molar-refractivity contribution in [2.75, 3.05) is 13.1 Å². The number of pyridine rings is 1. The van der Waals surface area contributed by atoms with Crippen molar-refractivity contribution in [3.63, 3.8) is 0 Å². The molecule has 1 aromatic carbocycles. The van der Waals surface area contributed by atoms with E-state index in [0.29, 0.717) is 10.1 Å². The van der Waals surface area contributed by atoms with Gasteiger partial charge in [-0.05, 0) is 49.5 Å². The van der Waals surface area contributed by atoms with Crippen LogP contribution in [0.25, 0.3) is 10.9 Å². The standard InChI is InChI=1S/C16H15F3N2O3/c17-16(18,19)15(23)24-21-13-9-12(10-5-7-20-8-6-10)2-1-11(13)3-4-14(21)22/h1-4,9-10,20H,5-8H2. The van der Waals surface area contributed by atoms with Crippen LogP contribution in [0, 0.1) is 0 Å². The molecule has 1 aliphatic heterocycles. The zero-order valence-electron chi connectivity index (χ0n) is 12.6. The van der Waals surface area contributed by atoms with E-state index >= 15 is 0 Å². The fraction of sp³-hybridized carbons (Fsp3) is 0.375. The van der Waals surface area contributed by atoms with Gasteiger partial charge in [0.25, 0.3) is 5.56 Å². The number of fused-ring (bicyclic) bond motifs is 1. The average Bonchev–Trinajstić information content (AvgIpc) is 2.57. The van der Waals surface area contributed by atoms with Crippen molar-refractivity contribution in [1.29, 1.82) is 0 Å². The Morgan fingerprint density at radius 3 is 2.50 bits per heavy atom. The van der Waals surface area contributed by atoms with E-state index in [0.717, 1.165) is 37.6 Å². The van der Waals surface area contributed by atoms with Crippen molar-refractivity contribution in [1.82, 2.24) is 10.0 Å². The lowest BCUT2D eigenvalue weighted by atomic mass is 9.90. The van der Waals surface area contributed by atoms with Gasteiger partial charge in [-0.1, -0.05) is 12.1 Å². The maximum atomic E-state index is 12.4. The van der Waals surface area contributed by atoms with E-state index in [-0.39, 0.29) is 11.4 Å². The van der Waals surface area contributed by atoms with Gasteiger partial charge < -0.3 is 10.2 Å². The summed E-state index contributed by atoms with van der Waals surface area (Å²) in [5.74, 6) is -2.18. The van der Waals surface area contributed by atoms with Gasteiger partial charge in [0.1, 0.15) is 0 Å². The molecule has 2 heterocycles. The predicted molar refractivity (Wildman–Crippen MR) is 80.7 cm³/mol. The third-order valence-electron chi connectivity index (χ3n) is 4.10. The normalized spacial score (nSPS) is 16.3. The Kier molecular flexibility index (Phi) is 4.31. The third-order valence-corrected chi connectivity index (χ3v) is 4.10. The van der Waals surface area contributed by atoms with Crippen LogP contribution >= 0.6 is 0 Å². The van der Waals surface area contributed by atoms with Crippen LogP contribution in [-0.2, 0) is 4.79 Å². The molecule has 128 valence electrons. The molecule has 8 heteroatoms. The zero-order chi connectivity index (χ0) is 17.3. The number of alkyl halides is 3. The van der Waals surface area contributed by atoms with E-state index in [1.54, 1.807) is 12.1 Å². The molecular formula is C16H15F3N2O3. The predicted octanol–water partition coefficient (Wildman–Crippen LogP) is 1.99. The van der Waals surface area contributed by atoms with Gasteiger partial charge in [0, 0.05) is 11.5 Å². The van der Waals surface area contributed by atoms with Crippen LogP contribution in [0.3, 0.4) is 0 Å². The molecule has 0 bridgehead atoms. The number of nitrogens with zero attached hydrogens (tertiary/aromatic N) is 1. The van der Waals surface area contributed by atoms with E-state index in [9.17, 15) is 22.8 Å². The molecule has 5 nitrogen and oxygen atoms in total. The summed E-state index contributed by atoms with van der Waals surface area (Å²) in [7, 11) is 0. The van der Waals surface area contributed by atoms with Crippen LogP contribution in [0.4, 0.5) is 13.2 Å². The molecule has 0 saturated carbocycles. The zero-order valence-corrected chi connectivity index (χ0v) is 12.6. The van der Waals surface area contributed by atoms with Crippen LogP contribution in [0.2, 0.25) is 0 Å². The first kappa shape index (κ1) is 16.5. The van der Waals surface area contributed by atoms with Crippen LogP contribution < -0.4 is 15.7 Å². The number of halogens is 3. The molecule has 1 fully saturated rings. The minimum Gasteiger partial charge on any atom is -0.324 e. The number of hydrogen-bond donors (Lipinski definition) is 1. The topological polar surface area (TPSA) is 60.3 Å². The molecule has 0 amide bonds. The lowest BCUT2D eigenvalue weighted by molar-refractivity contribution is -0.199. The number of aromatic nitrogens is 1. The fourth-order valence-corrected chi connectivity index (χ4v) is 2.86. The molecule has 0 aliphatic carbocycles. The molecule has 0 radical (unpaired) electrons. The summed E-state index contributed by atoms with van der Waals surface area (Å²) in [6, 6.07) is 7.77. The van der Waals surface area contributed by atoms with Crippen LogP contribution in [0.15, 0.2) is 35.1 Å². The molecule has 1 aromatic heterocycles. The third kappa shape index (κ3) is 3.28. The van der Waals surface area contributed by atoms with Crippen LogP contribution in [-0.4, -0.2) is 30.0 Å². The van der Waals surface area contributed by atoms with E-state index in [1.807, 2.05) is 6.07 Å². The number of rotatable bonds is 2. The summed E-state index contributed by atoms with van der Waals surface area (Å²) in [5, 5.41) is 3.75. The van der Waals surface area contributed by atoms with Gasteiger partial charge in [0.2, 0.25) is 0 Å². The number of benzene rings is 1. The number of nitrogens with one attached hydrogen (secondary N) is 1. The minimum atomic E-state index is -5.17. The Labute approximate surface area is 135 Å². The fourth-order valence-electron chi connectivity index (χ4n) is 2.86. The maximum Gasteiger partial charge on any atom is 0.493 e. The van der Waals surface area contributed by atoms with Gasteiger partial charge in [-0.15, -0.1) is 4.73 Å². The number of carbonyl (C=O) groups is 1. The van der Waals surface area contributed by atoms with E-state index < -0.39 is 17.7 Å². The van der Waals surface area contributed by atoms with Gasteiger partial charge in [0.05, 0.1) is 5.52 Å². The lowest BCUT2D eigenvalue weighted by Gasteiger charge is -2.23. The molecule has 0 atom stereocenters. The smallest absolute Gasteiger partial charge is 0.324 e. The molecule has 0 unspecified atom stereocenters. The Balaban J connectivity index is 2.04. The minimum absolute atomic E-state index is 0.149. The molecule has 24 heavy (non-hydrogen) atoms. The Bertz CT molecular complexity index is 823. The van der Waals surface area contributed by atoms with E-state index in [2.05, 4.69) is 10.2 Å². The number of piperidine rings is 1.